The van der Waals surface area contributed by atoms with E-state index in [1.807, 2.05) is 24.5 Å². The normalized spacial score (nSPS) is 17.5. The molecule has 16 heavy (non-hydrogen) atoms. The molecular formula is C11H9ClN2OS. The number of hydrogen-bond donors (Lipinski definition) is 1. The van der Waals surface area contributed by atoms with Crippen molar-refractivity contribution in [1.82, 2.24) is 5.32 Å². The van der Waals surface area contributed by atoms with E-state index in [2.05, 4.69) is 10.3 Å². The first-order chi connectivity index (χ1) is 7.70. The fraction of sp³-hybridized carbons (Fsp3) is 0.0909. The number of hydrogen-bond acceptors (Lipinski definition) is 3. The molecule has 1 aliphatic rings. The van der Waals surface area contributed by atoms with Crippen molar-refractivity contribution in [1.29, 1.82) is 0 Å². The highest BCUT2D eigenvalue weighted by Gasteiger charge is 2.19. The first kappa shape index (κ1) is 11.2. The molecule has 0 saturated carbocycles. The van der Waals surface area contributed by atoms with Gasteiger partial charge in [0.1, 0.15) is 5.70 Å². The first-order valence-corrected chi connectivity index (χ1v) is 6.21. The molecule has 0 aliphatic carbocycles. The van der Waals surface area contributed by atoms with Crippen molar-refractivity contribution in [2.24, 2.45) is 4.99 Å². The quantitative estimate of drug-likeness (QED) is 0.781. The Morgan fingerprint density at radius 2 is 2.19 bits per heavy atom. The maximum Gasteiger partial charge on any atom is 0.275 e. The number of amidine groups is 1. The van der Waals surface area contributed by atoms with E-state index in [-0.39, 0.29) is 5.91 Å². The van der Waals surface area contributed by atoms with E-state index in [1.165, 1.54) is 11.8 Å². The van der Waals surface area contributed by atoms with Crippen LogP contribution in [0.15, 0.2) is 35.0 Å². The molecule has 1 amide bonds. The number of aliphatic imine (C=N–C) groups is 1. The number of carbonyl (C=O) groups excluding carboxylic acids is 1. The van der Waals surface area contributed by atoms with Gasteiger partial charge in [-0.3, -0.25) is 10.1 Å². The summed E-state index contributed by atoms with van der Waals surface area (Å²) in [6.45, 7) is 0. The zero-order valence-corrected chi connectivity index (χ0v) is 10.1. The molecule has 0 unspecified atom stereocenters. The third kappa shape index (κ3) is 2.28. The molecule has 1 N–H and O–H groups in total. The number of benzene rings is 1. The Labute approximate surface area is 103 Å². The van der Waals surface area contributed by atoms with Crippen LogP contribution in [0.25, 0.3) is 6.08 Å². The van der Waals surface area contributed by atoms with Crippen LogP contribution in [0.1, 0.15) is 5.56 Å². The van der Waals surface area contributed by atoms with Gasteiger partial charge in [0.05, 0.1) is 0 Å². The van der Waals surface area contributed by atoms with E-state index in [0.29, 0.717) is 15.9 Å². The molecule has 0 fully saturated rings. The van der Waals surface area contributed by atoms with E-state index in [4.69, 9.17) is 11.6 Å². The lowest BCUT2D eigenvalue weighted by Gasteiger charge is -1.97. The molecule has 0 bridgehead atoms. The molecule has 1 aliphatic heterocycles. The van der Waals surface area contributed by atoms with Crippen molar-refractivity contribution in [2.45, 2.75) is 0 Å². The van der Waals surface area contributed by atoms with Gasteiger partial charge >= 0.3 is 0 Å². The summed E-state index contributed by atoms with van der Waals surface area (Å²) in [5.41, 5.74) is 1.18. The van der Waals surface area contributed by atoms with Gasteiger partial charge in [-0.15, -0.1) is 0 Å². The molecule has 0 radical (unpaired) electrons. The van der Waals surface area contributed by atoms with E-state index in [0.717, 1.165) is 5.56 Å². The minimum Gasteiger partial charge on any atom is -0.300 e. The van der Waals surface area contributed by atoms with Gasteiger partial charge in [-0.25, -0.2) is 4.99 Å². The van der Waals surface area contributed by atoms with Gasteiger partial charge in [0.25, 0.3) is 5.91 Å². The first-order valence-electron chi connectivity index (χ1n) is 4.61. The maximum atomic E-state index is 11.5. The van der Waals surface area contributed by atoms with Crippen molar-refractivity contribution >= 4 is 40.5 Å². The lowest BCUT2D eigenvalue weighted by molar-refractivity contribution is -0.115. The Hall–Kier alpha value is -1.26. The summed E-state index contributed by atoms with van der Waals surface area (Å²) in [5.74, 6) is -0.190. The number of halogens is 1. The second-order valence-electron chi connectivity index (χ2n) is 3.13. The summed E-state index contributed by atoms with van der Waals surface area (Å²) in [5, 5.41) is 3.88. The third-order valence-corrected chi connectivity index (χ3v) is 2.99. The van der Waals surface area contributed by atoms with Crippen LogP contribution < -0.4 is 5.32 Å². The van der Waals surface area contributed by atoms with Crippen LogP contribution in [0.5, 0.6) is 0 Å². The molecule has 0 spiro atoms. The SMILES string of the molecule is CSC1=N/C(=C/c2ccccc2Cl)C(=O)N1. The van der Waals surface area contributed by atoms with Crippen LogP contribution in [0.2, 0.25) is 5.02 Å². The summed E-state index contributed by atoms with van der Waals surface area (Å²) in [7, 11) is 0. The van der Waals surface area contributed by atoms with Crippen molar-refractivity contribution in [2.75, 3.05) is 6.26 Å². The Morgan fingerprint density at radius 3 is 2.81 bits per heavy atom. The van der Waals surface area contributed by atoms with Gasteiger partial charge in [0.2, 0.25) is 0 Å². The molecule has 2 rings (SSSR count). The van der Waals surface area contributed by atoms with Crippen LogP contribution in [0, 0.1) is 0 Å². The van der Waals surface area contributed by atoms with Crippen LogP contribution in [-0.4, -0.2) is 17.3 Å². The maximum absolute atomic E-state index is 11.5. The lowest BCUT2D eigenvalue weighted by Crippen LogP contribution is -2.21. The second kappa shape index (κ2) is 4.72. The zero-order valence-electron chi connectivity index (χ0n) is 8.53. The van der Waals surface area contributed by atoms with E-state index < -0.39 is 0 Å². The van der Waals surface area contributed by atoms with E-state index >= 15 is 0 Å². The molecule has 1 aromatic carbocycles. The molecule has 0 saturated heterocycles. The summed E-state index contributed by atoms with van der Waals surface area (Å²) in [6, 6.07) is 7.33. The van der Waals surface area contributed by atoms with Crippen molar-refractivity contribution in [3.63, 3.8) is 0 Å². The molecule has 3 nitrogen and oxygen atoms in total. The van der Waals surface area contributed by atoms with Gasteiger partial charge < -0.3 is 0 Å². The predicted molar refractivity (Wildman–Crippen MR) is 68.5 cm³/mol. The molecule has 5 heteroatoms. The summed E-state index contributed by atoms with van der Waals surface area (Å²) >= 11 is 7.39. The van der Waals surface area contributed by atoms with Gasteiger partial charge in [0.15, 0.2) is 5.17 Å². The van der Waals surface area contributed by atoms with Crippen LogP contribution >= 0.6 is 23.4 Å². The lowest BCUT2D eigenvalue weighted by atomic mass is 10.2. The monoisotopic (exact) mass is 252 g/mol. The van der Waals surface area contributed by atoms with Crippen LogP contribution in [0.3, 0.4) is 0 Å². The fourth-order valence-electron chi connectivity index (χ4n) is 1.28. The predicted octanol–water partition coefficient (Wildman–Crippen LogP) is 2.53. The summed E-state index contributed by atoms with van der Waals surface area (Å²) < 4.78 is 0. The van der Waals surface area contributed by atoms with Gasteiger partial charge in [-0.05, 0) is 24.0 Å². The molecule has 0 aromatic heterocycles. The van der Waals surface area contributed by atoms with Gasteiger partial charge in [0, 0.05) is 5.02 Å². The third-order valence-electron chi connectivity index (χ3n) is 2.07. The Kier molecular flexibility index (Phi) is 3.31. The minimum absolute atomic E-state index is 0.190. The number of nitrogens with one attached hydrogen (secondary N) is 1. The standard InChI is InChI=1S/C11H9ClN2OS/c1-16-11-13-9(10(15)14-11)6-7-4-2-3-5-8(7)12/h2-6H,1H3,(H,13,14,15)/b9-6+. The molecule has 82 valence electrons. The Balaban J connectivity index is 2.35. The summed E-state index contributed by atoms with van der Waals surface area (Å²) in [6.07, 6.45) is 3.54. The van der Waals surface area contributed by atoms with Crippen molar-refractivity contribution in [3.8, 4) is 0 Å². The molecule has 1 heterocycles. The van der Waals surface area contributed by atoms with Crippen molar-refractivity contribution in [3.05, 3.63) is 40.5 Å². The Morgan fingerprint density at radius 1 is 1.44 bits per heavy atom. The molecule has 1 aromatic rings. The number of nitrogens with zero attached hydrogens (tertiary/aromatic N) is 1. The number of carbonyl (C=O) groups is 1. The fourth-order valence-corrected chi connectivity index (χ4v) is 1.86. The minimum atomic E-state index is -0.190. The average molecular weight is 253 g/mol. The summed E-state index contributed by atoms with van der Waals surface area (Å²) in [4.78, 5) is 15.7. The Bertz CT molecular complexity index is 497. The highest BCUT2D eigenvalue weighted by molar-refractivity contribution is 8.13. The van der Waals surface area contributed by atoms with Gasteiger partial charge in [-0.2, -0.15) is 0 Å². The number of thioether (sulfide) groups is 1. The van der Waals surface area contributed by atoms with E-state index in [9.17, 15) is 4.79 Å². The van der Waals surface area contributed by atoms with Crippen molar-refractivity contribution < 1.29 is 4.79 Å². The average Bonchev–Trinajstić information content (AvgIpc) is 2.63. The highest BCUT2D eigenvalue weighted by atomic mass is 35.5. The largest absolute Gasteiger partial charge is 0.300 e. The van der Waals surface area contributed by atoms with E-state index in [1.54, 1.807) is 12.1 Å². The second-order valence-corrected chi connectivity index (χ2v) is 4.33. The zero-order chi connectivity index (χ0) is 11.5. The van der Waals surface area contributed by atoms with Crippen LogP contribution in [-0.2, 0) is 4.79 Å². The topological polar surface area (TPSA) is 41.5 Å². The number of amides is 1. The molecular weight excluding hydrogens is 244 g/mol. The smallest absolute Gasteiger partial charge is 0.275 e. The van der Waals surface area contributed by atoms with Gasteiger partial charge in [-0.1, -0.05) is 41.6 Å². The van der Waals surface area contributed by atoms with Crippen LogP contribution in [0.4, 0.5) is 0 Å². The highest BCUT2D eigenvalue weighted by Crippen LogP contribution is 2.20. The number of rotatable bonds is 1. The molecule has 0 atom stereocenters.